The van der Waals surface area contributed by atoms with Gasteiger partial charge in [0.1, 0.15) is 0 Å². The van der Waals surface area contributed by atoms with Crippen LogP contribution < -0.4 is 10.2 Å². The molecule has 1 aromatic heterocycles. The highest BCUT2D eigenvalue weighted by Gasteiger charge is 2.19. The second-order valence-corrected chi connectivity index (χ2v) is 4.52. The topological polar surface area (TPSA) is 127 Å². The number of phenolic OH excluding ortho intramolecular Hbond substituents is 1. The first-order valence-electron chi connectivity index (χ1n) is 6.90. The van der Waals surface area contributed by atoms with Crippen molar-refractivity contribution in [3.8, 4) is 11.5 Å². The van der Waals surface area contributed by atoms with Crippen LogP contribution in [0.15, 0.2) is 41.8 Å². The van der Waals surface area contributed by atoms with Crippen molar-refractivity contribution in [3.63, 3.8) is 0 Å². The molecule has 0 unspecified atom stereocenters. The molecule has 2 rings (SSSR count). The zero-order valence-electron chi connectivity index (χ0n) is 12.7. The molecule has 0 radical (unpaired) electrons. The third-order valence-electron chi connectivity index (χ3n) is 2.88. The number of nitrogens with one attached hydrogen (secondary N) is 1. The van der Waals surface area contributed by atoms with E-state index in [1.54, 1.807) is 19.1 Å². The van der Waals surface area contributed by atoms with Crippen molar-refractivity contribution in [2.45, 2.75) is 6.92 Å². The van der Waals surface area contributed by atoms with Crippen molar-refractivity contribution in [2.24, 2.45) is 5.10 Å². The molecule has 124 valence electrons. The molecule has 0 fully saturated rings. The highest BCUT2D eigenvalue weighted by molar-refractivity contribution is 5.94. The van der Waals surface area contributed by atoms with Crippen LogP contribution in [-0.4, -0.2) is 33.7 Å². The number of nitro benzene ring substituents is 1. The van der Waals surface area contributed by atoms with E-state index in [1.807, 2.05) is 0 Å². The number of rotatable bonds is 6. The largest absolute Gasteiger partial charge is 0.500 e. The van der Waals surface area contributed by atoms with Crippen molar-refractivity contribution in [3.05, 3.63) is 57.9 Å². The molecule has 2 aromatic rings. The van der Waals surface area contributed by atoms with Gasteiger partial charge in [-0.1, -0.05) is 0 Å². The number of nitro groups is 1. The lowest BCUT2D eigenvalue weighted by atomic mass is 10.2. The molecule has 0 aliphatic carbocycles. The van der Waals surface area contributed by atoms with Gasteiger partial charge in [0.05, 0.1) is 23.3 Å². The van der Waals surface area contributed by atoms with Crippen LogP contribution >= 0.6 is 0 Å². The van der Waals surface area contributed by atoms with Crippen LogP contribution in [0.4, 0.5) is 5.69 Å². The summed E-state index contributed by atoms with van der Waals surface area (Å²) < 4.78 is 5.15. The van der Waals surface area contributed by atoms with Gasteiger partial charge in [-0.2, -0.15) is 5.10 Å². The first-order chi connectivity index (χ1) is 11.5. The number of phenols is 1. The maximum Gasteiger partial charge on any atom is 0.315 e. The summed E-state index contributed by atoms with van der Waals surface area (Å²) in [6, 6.07) is 5.68. The lowest BCUT2D eigenvalue weighted by molar-refractivity contribution is -0.386. The molecule has 0 saturated carbocycles. The Kier molecular flexibility index (Phi) is 5.40. The van der Waals surface area contributed by atoms with E-state index in [1.165, 1.54) is 24.7 Å². The summed E-state index contributed by atoms with van der Waals surface area (Å²) in [4.78, 5) is 25.8. The van der Waals surface area contributed by atoms with Gasteiger partial charge in [0.2, 0.25) is 5.75 Å². The van der Waals surface area contributed by atoms with E-state index < -0.39 is 22.3 Å². The number of aromatic hydroxyl groups is 1. The summed E-state index contributed by atoms with van der Waals surface area (Å²) in [5.41, 5.74) is 2.37. The summed E-state index contributed by atoms with van der Waals surface area (Å²) in [6.45, 7) is 1.91. The molecule has 24 heavy (non-hydrogen) atoms. The Morgan fingerprint density at radius 1 is 1.54 bits per heavy atom. The molecule has 0 saturated heterocycles. The maximum absolute atomic E-state index is 11.8. The fraction of sp³-hybridized carbons (Fsp3) is 0.133. The third-order valence-corrected chi connectivity index (χ3v) is 2.88. The molecular weight excluding hydrogens is 316 g/mol. The third kappa shape index (κ3) is 4.03. The van der Waals surface area contributed by atoms with Gasteiger partial charge < -0.3 is 9.84 Å². The number of hydrogen-bond donors (Lipinski definition) is 2. The van der Waals surface area contributed by atoms with Gasteiger partial charge in [0.25, 0.3) is 5.91 Å². The fourth-order valence-electron chi connectivity index (χ4n) is 1.82. The molecule has 9 nitrogen and oxygen atoms in total. The van der Waals surface area contributed by atoms with Crippen LogP contribution in [0, 0.1) is 10.1 Å². The minimum absolute atomic E-state index is 0.0354. The maximum atomic E-state index is 11.8. The second kappa shape index (κ2) is 7.68. The highest BCUT2D eigenvalue weighted by Crippen LogP contribution is 2.36. The van der Waals surface area contributed by atoms with Crippen LogP contribution in [0.5, 0.6) is 11.5 Å². The van der Waals surface area contributed by atoms with E-state index in [4.69, 9.17) is 4.74 Å². The van der Waals surface area contributed by atoms with E-state index in [-0.39, 0.29) is 17.9 Å². The Morgan fingerprint density at radius 2 is 2.33 bits per heavy atom. The monoisotopic (exact) mass is 330 g/mol. The second-order valence-electron chi connectivity index (χ2n) is 4.52. The molecule has 9 heteroatoms. The number of hydrogen-bond acceptors (Lipinski definition) is 7. The van der Waals surface area contributed by atoms with E-state index in [0.717, 1.165) is 6.07 Å². The SMILES string of the molecule is CCOc1cc(/C=N/NC(=O)c2cccnc2)cc([N+](=O)[O-])c1O. The normalized spacial score (nSPS) is 10.5. The van der Waals surface area contributed by atoms with E-state index >= 15 is 0 Å². The predicted octanol–water partition coefficient (Wildman–Crippen LogP) is 1.86. The number of hydrazone groups is 1. The van der Waals surface area contributed by atoms with Gasteiger partial charge in [-0.3, -0.25) is 19.9 Å². The lowest BCUT2D eigenvalue weighted by Gasteiger charge is -2.07. The molecule has 0 aliphatic heterocycles. The van der Waals surface area contributed by atoms with Crippen LogP contribution in [0.3, 0.4) is 0 Å². The van der Waals surface area contributed by atoms with Gasteiger partial charge in [0.15, 0.2) is 5.75 Å². The Balaban J connectivity index is 2.19. The molecular formula is C15H14N4O5. The molecule has 1 amide bonds. The Labute approximate surface area is 136 Å². The minimum Gasteiger partial charge on any atom is -0.500 e. The van der Waals surface area contributed by atoms with Gasteiger partial charge in [0, 0.05) is 24.0 Å². The number of carbonyl (C=O) groups is 1. The summed E-state index contributed by atoms with van der Waals surface area (Å²) in [5, 5.41) is 24.5. The average Bonchev–Trinajstić information content (AvgIpc) is 2.58. The quantitative estimate of drug-likeness (QED) is 0.473. The van der Waals surface area contributed by atoms with Crippen LogP contribution in [0.25, 0.3) is 0 Å². The van der Waals surface area contributed by atoms with Crippen molar-refractivity contribution in [2.75, 3.05) is 6.61 Å². The molecule has 0 atom stereocenters. The fourth-order valence-corrected chi connectivity index (χ4v) is 1.82. The van der Waals surface area contributed by atoms with E-state index in [9.17, 15) is 20.0 Å². The number of pyridine rings is 1. The first-order valence-corrected chi connectivity index (χ1v) is 6.90. The Bertz CT molecular complexity index is 777. The molecule has 0 aliphatic rings. The van der Waals surface area contributed by atoms with Crippen LogP contribution in [0.1, 0.15) is 22.8 Å². The van der Waals surface area contributed by atoms with Gasteiger partial charge in [-0.25, -0.2) is 5.43 Å². The number of carbonyl (C=O) groups excluding carboxylic acids is 1. The minimum atomic E-state index is -0.733. The number of benzene rings is 1. The average molecular weight is 330 g/mol. The molecule has 0 spiro atoms. The number of aromatic nitrogens is 1. The zero-order valence-corrected chi connectivity index (χ0v) is 12.7. The van der Waals surface area contributed by atoms with E-state index in [0.29, 0.717) is 5.56 Å². The van der Waals surface area contributed by atoms with Crippen molar-refractivity contribution in [1.82, 2.24) is 10.4 Å². The Hall–Kier alpha value is -3.49. The lowest BCUT2D eigenvalue weighted by Crippen LogP contribution is -2.17. The van der Waals surface area contributed by atoms with Crippen molar-refractivity contribution >= 4 is 17.8 Å². The first kappa shape index (κ1) is 16.9. The number of amides is 1. The zero-order chi connectivity index (χ0) is 17.5. The number of nitrogens with zero attached hydrogens (tertiary/aromatic N) is 3. The summed E-state index contributed by atoms with van der Waals surface area (Å²) in [5.74, 6) is -1.07. The van der Waals surface area contributed by atoms with Crippen molar-refractivity contribution in [1.29, 1.82) is 0 Å². The van der Waals surface area contributed by atoms with Gasteiger partial charge in [-0.15, -0.1) is 0 Å². The smallest absolute Gasteiger partial charge is 0.315 e. The number of ether oxygens (including phenoxy) is 1. The highest BCUT2D eigenvalue weighted by atomic mass is 16.6. The van der Waals surface area contributed by atoms with E-state index in [2.05, 4.69) is 15.5 Å². The molecule has 0 bridgehead atoms. The predicted molar refractivity (Wildman–Crippen MR) is 85.2 cm³/mol. The summed E-state index contributed by atoms with van der Waals surface area (Å²) in [6.07, 6.45) is 4.12. The van der Waals surface area contributed by atoms with Gasteiger partial charge >= 0.3 is 5.69 Å². The summed E-state index contributed by atoms with van der Waals surface area (Å²) in [7, 11) is 0. The summed E-state index contributed by atoms with van der Waals surface area (Å²) >= 11 is 0. The van der Waals surface area contributed by atoms with Crippen LogP contribution in [-0.2, 0) is 0 Å². The molecule has 2 N–H and O–H groups in total. The molecule has 1 aromatic carbocycles. The van der Waals surface area contributed by atoms with Crippen LogP contribution in [0.2, 0.25) is 0 Å². The van der Waals surface area contributed by atoms with Gasteiger partial charge in [-0.05, 0) is 25.1 Å². The van der Waals surface area contributed by atoms with Crippen molar-refractivity contribution < 1.29 is 19.6 Å². The standard InChI is InChI=1S/C15H14N4O5/c1-2-24-13-7-10(6-12(14(13)20)19(22)23)8-17-18-15(21)11-4-3-5-16-9-11/h3-9,20H,2H2,1H3,(H,18,21)/b17-8+. The Morgan fingerprint density at radius 3 is 2.96 bits per heavy atom. The molecule has 1 heterocycles.